The average Bonchev–Trinajstić information content (AvgIpc) is 3.55. The van der Waals surface area contributed by atoms with Gasteiger partial charge >= 0.3 is 5.97 Å². The Morgan fingerprint density at radius 3 is 2.74 bits per heavy atom. The van der Waals surface area contributed by atoms with Crippen molar-refractivity contribution in [1.82, 2.24) is 14.9 Å². The molecule has 42 heavy (non-hydrogen) atoms. The third-order valence-electron chi connectivity index (χ3n) is 9.16. The fraction of sp³-hybridized carbons (Fsp3) is 0.581. The summed E-state index contributed by atoms with van der Waals surface area (Å²) < 4.78 is 22.1. The van der Waals surface area contributed by atoms with E-state index in [0.29, 0.717) is 29.4 Å². The van der Waals surface area contributed by atoms with Crippen LogP contribution in [-0.4, -0.2) is 86.7 Å². The molecule has 1 aromatic heterocycles. The maximum Gasteiger partial charge on any atom is 0.311 e. The minimum atomic E-state index is -0.315. The Balaban J connectivity index is 1.18. The monoisotopic (exact) mass is 597 g/mol. The molecule has 2 aromatic rings. The number of fused-ring (bicyclic) bond motifs is 3. The van der Waals surface area contributed by atoms with Gasteiger partial charge < -0.3 is 29.6 Å². The van der Waals surface area contributed by atoms with Crippen molar-refractivity contribution in [2.24, 2.45) is 17.8 Å². The molecule has 10 nitrogen and oxygen atoms in total. The van der Waals surface area contributed by atoms with Gasteiger partial charge in [-0.1, -0.05) is 29.8 Å². The highest BCUT2D eigenvalue weighted by molar-refractivity contribution is 6.32. The Morgan fingerprint density at radius 2 is 1.93 bits per heavy atom. The van der Waals surface area contributed by atoms with Crippen LogP contribution in [0.2, 0.25) is 5.02 Å². The zero-order valence-electron chi connectivity index (χ0n) is 24.3. The van der Waals surface area contributed by atoms with Gasteiger partial charge in [0.25, 0.3) is 0 Å². The third kappa shape index (κ3) is 6.08. The minimum Gasteiger partial charge on any atom is -0.494 e. The molecule has 11 heteroatoms. The van der Waals surface area contributed by atoms with Crippen molar-refractivity contribution in [3.63, 3.8) is 0 Å². The van der Waals surface area contributed by atoms with E-state index in [-0.39, 0.29) is 36.4 Å². The summed E-state index contributed by atoms with van der Waals surface area (Å²) in [5.41, 5.74) is 3.39. The SMILES string of the molecule is COCCOC(=O)C1[C@@H]2C=C[C@@H](C2)[C@H]1Nc1nc(Nc2ccc3c(c2OC)CCC(N2CCOCC2)CC3)ncc1Cl. The molecular formula is C31H40ClN5O5. The number of nitrogens with zero attached hydrogens (tertiary/aromatic N) is 3. The van der Waals surface area contributed by atoms with Gasteiger partial charge in [0.2, 0.25) is 5.95 Å². The number of aryl methyl sites for hydroxylation is 1. The molecule has 2 heterocycles. The molecule has 3 aliphatic carbocycles. The van der Waals surface area contributed by atoms with E-state index in [9.17, 15) is 4.79 Å². The first-order valence-corrected chi connectivity index (χ1v) is 15.3. The van der Waals surface area contributed by atoms with E-state index in [1.165, 1.54) is 11.1 Å². The molecular weight excluding hydrogens is 558 g/mol. The highest BCUT2D eigenvalue weighted by atomic mass is 35.5. The van der Waals surface area contributed by atoms with Crippen LogP contribution in [0.15, 0.2) is 30.5 Å². The number of anilines is 3. The number of ether oxygens (including phenoxy) is 4. The molecule has 2 N–H and O–H groups in total. The molecule has 4 aliphatic rings. The number of benzene rings is 1. The summed E-state index contributed by atoms with van der Waals surface area (Å²) in [4.78, 5) is 24.7. The molecule has 1 saturated heterocycles. The summed E-state index contributed by atoms with van der Waals surface area (Å²) in [6.07, 6.45) is 11.0. The van der Waals surface area contributed by atoms with Crippen molar-refractivity contribution in [1.29, 1.82) is 0 Å². The number of morpholine rings is 1. The summed E-state index contributed by atoms with van der Waals surface area (Å²) in [6.45, 7) is 4.24. The van der Waals surface area contributed by atoms with Gasteiger partial charge in [0, 0.05) is 32.3 Å². The lowest BCUT2D eigenvalue weighted by Gasteiger charge is -2.34. The van der Waals surface area contributed by atoms with Crippen LogP contribution in [0.5, 0.6) is 5.75 Å². The van der Waals surface area contributed by atoms with E-state index in [1.54, 1.807) is 20.4 Å². The van der Waals surface area contributed by atoms with Gasteiger partial charge in [-0.15, -0.1) is 0 Å². The fourth-order valence-corrected chi connectivity index (χ4v) is 7.21. The second-order valence-electron chi connectivity index (χ2n) is 11.5. The number of rotatable bonds is 10. The first-order valence-electron chi connectivity index (χ1n) is 15.0. The Bertz CT molecular complexity index is 1300. The molecule has 1 saturated carbocycles. The van der Waals surface area contributed by atoms with Crippen LogP contribution in [0.25, 0.3) is 0 Å². The summed E-state index contributed by atoms with van der Waals surface area (Å²) in [5, 5.41) is 7.22. The molecule has 2 fully saturated rings. The Hall–Kier alpha value is -2.92. The third-order valence-corrected chi connectivity index (χ3v) is 9.43. The predicted octanol–water partition coefficient (Wildman–Crippen LogP) is 4.25. The molecule has 2 bridgehead atoms. The van der Waals surface area contributed by atoms with Crippen molar-refractivity contribution >= 4 is 35.0 Å². The van der Waals surface area contributed by atoms with E-state index < -0.39 is 0 Å². The van der Waals surface area contributed by atoms with Crippen LogP contribution in [0.1, 0.15) is 30.4 Å². The zero-order valence-corrected chi connectivity index (χ0v) is 25.1. The number of hydrogen-bond acceptors (Lipinski definition) is 10. The molecule has 1 aromatic carbocycles. The number of carbonyl (C=O) groups excluding carboxylic acids is 1. The Labute approximate surface area is 252 Å². The van der Waals surface area contributed by atoms with Gasteiger partial charge in [-0.25, -0.2) is 4.98 Å². The number of allylic oxidation sites excluding steroid dienone is 1. The second-order valence-corrected chi connectivity index (χ2v) is 11.9. The largest absolute Gasteiger partial charge is 0.494 e. The van der Waals surface area contributed by atoms with E-state index in [2.05, 4.69) is 38.7 Å². The van der Waals surface area contributed by atoms with Crippen LogP contribution in [0.3, 0.4) is 0 Å². The summed E-state index contributed by atoms with van der Waals surface area (Å²) in [6, 6.07) is 4.62. The van der Waals surface area contributed by atoms with Gasteiger partial charge in [0.15, 0.2) is 5.82 Å². The van der Waals surface area contributed by atoms with E-state index in [0.717, 1.165) is 69.8 Å². The molecule has 1 aliphatic heterocycles. The molecule has 5 atom stereocenters. The molecule has 2 unspecified atom stereocenters. The molecule has 0 radical (unpaired) electrons. The number of aromatic nitrogens is 2. The molecule has 0 spiro atoms. The van der Waals surface area contributed by atoms with Crippen LogP contribution in [-0.2, 0) is 31.8 Å². The standard InChI is InChI=1S/C31H40ClN5O5/c1-39-15-16-42-30(38)26-20-3-4-21(17-20)27(26)35-29-24(32)18-33-31(36-29)34-25-10-6-19-5-7-22(37-11-13-41-14-12-37)8-9-23(19)28(25)40-2/h3-4,6,10,18,20-22,26-27H,5,7-9,11-17H2,1-2H3,(H2,33,34,35,36)/t20-,21+,22?,26?,27-/m1/s1. The van der Waals surface area contributed by atoms with Crippen LogP contribution in [0.4, 0.5) is 17.5 Å². The zero-order chi connectivity index (χ0) is 29.1. The minimum absolute atomic E-state index is 0.132. The smallest absolute Gasteiger partial charge is 0.311 e. The predicted molar refractivity (Wildman–Crippen MR) is 161 cm³/mol. The van der Waals surface area contributed by atoms with E-state index in [4.69, 9.17) is 35.5 Å². The van der Waals surface area contributed by atoms with Gasteiger partial charge in [0.1, 0.15) is 17.4 Å². The average molecular weight is 598 g/mol. The van der Waals surface area contributed by atoms with Crippen molar-refractivity contribution < 1.29 is 23.7 Å². The van der Waals surface area contributed by atoms with Crippen LogP contribution >= 0.6 is 11.6 Å². The number of carbonyl (C=O) groups is 1. The molecule has 0 amide bonds. The second kappa shape index (κ2) is 13.2. The summed E-state index contributed by atoms with van der Waals surface area (Å²) in [5.74, 6) is 1.51. The van der Waals surface area contributed by atoms with Gasteiger partial charge in [-0.2, -0.15) is 4.98 Å². The van der Waals surface area contributed by atoms with Gasteiger partial charge in [-0.3, -0.25) is 9.69 Å². The lowest BCUT2D eigenvalue weighted by Crippen LogP contribution is -2.43. The van der Waals surface area contributed by atoms with Crippen molar-refractivity contribution in [2.45, 2.75) is 44.2 Å². The van der Waals surface area contributed by atoms with Crippen molar-refractivity contribution in [3.05, 3.63) is 46.6 Å². The van der Waals surface area contributed by atoms with E-state index in [1.807, 2.05) is 6.07 Å². The number of methoxy groups -OCH3 is 2. The molecule has 6 rings (SSSR count). The lowest BCUT2D eigenvalue weighted by molar-refractivity contribution is -0.151. The molecule has 226 valence electrons. The van der Waals surface area contributed by atoms with Crippen molar-refractivity contribution in [3.8, 4) is 5.75 Å². The highest BCUT2D eigenvalue weighted by Crippen LogP contribution is 2.46. The van der Waals surface area contributed by atoms with E-state index >= 15 is 0 Å². The van der Waals surface area contributed by atoms with Crippen LogP contribution in [0, 0.1) is 17.8 Å². The highest BCUT2D eigenvalue weighted by Gasteiger charge is 2.49. The maximum atomic E-state index is 13.0. The number of hydrogen-bond donors (Lipinski definition) is 2. The summed E-state index contributed by atoms with van der Waals surface area (Å²) >= 11 is 6.56. The quantitative estimate of drug-likeness (QED) is 0.179. The van der Waals surface area contributed by atoms with Gasteiger partial charge in [-0.05, 0) is 61.1 Å². The number of halogens is 1. The summed E-state index contributed by atoms with van der Waals surface area (Å²) in [7, 11) is 3.31. The van der Waals surface area contributed by atoms with Crippen molar-refractivity contribution in [2.75, 3.05) is 64.4 Å². The Morgan fingerprint density at radius 1 is 1.12 bits per heavy atom. The number of esters is 1. The lowest BCUT2D eigenvalue weighted by atomic mass is 9.89. The number of nitrogens with one attached hydrogen (secondary N) is 2. The maximum absolute atomic E-state index is 13.0. The topological polar surface area (TPSA) is 107 Å². The normalized spacial score (nSPS) is 26.9. The Kier molecular flexibility index (Phi) is 9.14. The first-order chi connectivity index (χ1) is 20.6. The first kappa shape index (κ1) is 29.2. The van der Waals surface area contributed by atoms with Crippen LogP contribution < -0.4 is 15.4 Å². The fourth-order valence-electron chi connectivity index (χ4n) is 7.06. The van der Waals surface area contributed by atoms with Gasteiger partial charge in [0.05, 0.1) is 44.7 Å².